The fraction of sp³-hybridized carbons (Fsp3) is 0.200. The van der Waals surface area contributed by atoms with Crippen LogP contribution in [-0.4, -0.2) is 15.0 Å². The van der Waals surface area contributed by atoms with Gasteiger partial charge in [0.2, 0.25) is 0 Å². The van der Waals surface area contributed by atoms with Crippen molar-refractivity contribution in [1.82, 2.24) is 15.0 Å². The summed E-state index contributed by atoms with van der Waals surface area (Å²) in [6.07, 6.45) is 1.70. The van der Waals surface area contributed by atoms with Crippen LogP contribution in [0.1, 0.15) is 22.0 Å². The van der Waals surface area contributed by atoms with Crippen LogP contribution in [0.3, 0.4) is 0 Å². The summed E-state index contributed by atoms with van der Waals surface area (Å²) in [6.45, 7) is 4.15. The molecule has 1 aromatic carbocycles. The Morgan fingerprint density at radius 2 is 1.88 bits per heavy atom. The first-order chi connectivity index (χ1) is 12.8. The second-order valence-electron chi connectivity index (χ2n) is 6.19. The van der Waals surface area contributed by atoms with Crippen LogP contribution in [0.2, 0.25) is 0 Å². The summed E-state index contributed by atoms with van der Waals surface area (Å²) in [5.74, 6) is 2.14. The molecule has 0 unspecified atom stereocenters. The average molecular weight is 365 g/mol. The van der Waals surface area contributed by atoms with E-state index in [4.69, 9.17) is 8.94 Å². The van der Waals surface area contributed by atoms with Gasteiger partial charge in [-0.2, -0.15) is 4.98 Å². The SMILES string of the molecule is Cc1ccc(-c2nc(CN(Cc3ccco3)Cc3cccs3)no2)cc1. The fourth-order valence-electron chi connectivity index (χ4n) is 2.75. The Morgan fingerprint density at radius 1 is 1.00 bits per heavy atom. The minimum Gasteiger partial charge on any atom is -0.468 e. The lowest BCUT2D eigenvalue weighted by Crippen LogP contribution is -2.22. The van der Waals surface area contributed by atoms with Crippen molar-refractivity contribution in [3.8, 4) is 11.5 Å². The summed E-state index contributed by atoms with van der Waals surface area (Å²) in [4.78, 5) is 8.10. The van der Waals surface area contributed by atoms with Crippen molar-refractivity contribution in [2.45, 2.75) is 26.6 Å². The van der Waals surface area contributed by atoms with Gasteiger partial charge in [-0.3, -0.25) is 4.90 Å². The molecule has 3 heterocycles. The van der Waals surface area contributed by atoms with Gasteiger partial charge in [-0.25, -0.2) is 0 Å². The Balaban J connectivity index is 1.50. The second kappa shape index (κ2) is 7.68. The van der Waals surface area contributed by atoms with Gasteiger partial charge in [0.25, 0.3) is 5.89 Å². The molecule has 132 valence electrons. The van der Waals surface area contributed by atoms with Crippen molar-refractivity contribution in [3.63, 3.8) is 0 Å². The maximum absolute atomic E-state index is 5.50. The van der Waals surface area contributed by atoms with Gasteiger partial charge >= 0.3 is 0 Å². The third-order valence-corrected chi connectivity index (χ3v) is 4.91. The molecular weight excluding hydrogens is 346 g/mol. The molecule has 4 aromatic rings. The van der Waals surface area contributed by atoms with E-state index in [2.05, 4.69) is 39.5 Å². The smallest absolute Gasteiger partial charge is 0.257 e. The second-order valence-corrected chi connectivity index (χ2v) is 7.22. The van der Waals surface area contributed by atoms with Crippen LogP contribution in [0.25, 0.3) is 11.5 Å². The fourth-order valence-corrected chi connectivity index (χ4v) is 3.49. The van der Waals surface area contributed by atoms with Gasteiger partial charge in [0, 0.05) is 17.0 Å². The van der Waals surface area contributed by atoms with Crippen LogP contribution in [0.4, 0.5) is 0 Å². The number of nitrogens with zero attached hydrogens (tertiary/aromatic N) is 3. The summed E-state index contributed by atoms with van der Waals surface area (Å²) >= 11 is 1.74. The number of benzene rings is 1. The third kappa shape index (κ3) is 4.09. The lowest BCUT2D eigenvalue weighted by molar-refractivity contribution is 0.220. The number of hydrogen-bond donors (Lipinski definition) is 0. The van der Waals surface area contributed by atoms with E-state index in [1.807, 2.05) is 36.4 Å². The Kier molecular flexibility index (Phi) is 4.95. The normalized spacial score (nSPS) is 11.3. The first-order valence-corrected chi connectivity index (χ1v) is 9.31. The van der Waals surface area contributed by atoms with E-state index in [-0.39, 0.29) is 0 Å². The van der Waals surface area contributed by atoms with Crippen LogP contribution in [0.15, 0.2) is 69.1 Å². The number of hydrogen-bond acceptors (Lipinski definition) is 6. The molecule has 0 aliphatic carbocycles. The van der Waals surface area contributed by atoms with Crippen LogP contribution < -0.4 is 0 Å². The minimum absolute atomic E-state index is 0.550. The standard InChI is InChI=1S/C20H19N3O2S/c1-15-6-8-16(9-7-15)20-21-19(22-25-20)14-23(12-17-4-2-10-24-17)13-18-5-3-11-26-18/h2-11H,12-14H2,1H3. The van der Waals surface area contributed by atoms with E-state index >= 15 is 0 Å². The van der Waals surface area contributed by atoms with E-state index in [1.165, 1.54) is 10.4 Å². The molecule has 3 aromatic heterocycles. The van der Waals surface area contributed by atoms with E-state index in [0.29, 0.717) is 24.8 Å². The highest BCUT2D eigenvalue weighted by Crippen LogP contribution is 2.20. The van der Waals surface area contributed by atoms with Crippen LogP contribution in [0.5, 0.6) is 0 Å². The molecule has 0 N–H and O–H groups in total. The van der Waals surface area contributed by atoms with Gasteiger partial charge in [0.1, 0.15) is 5.76 Å². The van der Waals surface area contributed by atoms with Crippen LogP contribution >= 0.6 is 11.3 Å². The van der Waals surface area contributed by atoms with Gasteiger partial charge in [-0.15, -0.1) is 11.3 Å². The molecule has 0 bridgehead atoms. The molecule has 0 amide bonds. The zero-order valence-electron chi connectivity index (χ0n) is 14.5. The van der Waals surface area contributed by atoms with E-state index in [1.54, 1.807) is 17.6 Å². The molecule has 0 aliphatic heterocycles. The summed E-state index contributed by atoms with van der Waals surface area (Å²) in [7, 11) is 0. The molecule has 0 radical (unpaired) electrons. The summed E-state index contributed by atoms with van der Waals surface area (Å²) in [5, 5.41) is 6.25. The van der Waals surface area contributed by atoms with Crippen molar-refractivity contribution in [3.05, 3.63) is 82.2 Å². The van der Waals surface area contributed by atoms with E-state index in [0.717, 1.165) is 17.9 Å². The molecule has 0 aliphatic rings. The van der Waals surface area contributed by atoms with Crippen LogP contribution in [-0.2, 0) is 19.6 Å². The lowest BCUT2D eigenvalue weighted by Gasteiger charge is -2.18. The van der Waals surface area contributed by atoms with Crippen LogP contribution in [0, 0.1) is 6.92 Å². The van der Waals surface area contributed by atoms with Gasteiger partial charge in [0.05, 0.1) is 19.4 Å². The zero-order chi connectivity index (χ0) is 17.8. The summed E-state index contributed by atoms with van der Waals surface area (Å²) < 4.78 is 11.0. The first kappa shape index (κ1) is 16.8. The predicted molar refractivity (Wildman–Crippen MR) is 100 cm³/mol. The van der Waals surface area contributed by atoms with Gasteiger partial charge in [0.15, 0.2) is 5.82 Å². The van der Waals surface area contributed by atoms with Gasteiger partial charge in [-0.1, -0.05) is 28.9 Å². The van der Waals surface area contributed by atoms with E-state index < -0.39 is 0 Å². The highest BCUT2D eigenvalue weighted by atomic mass is 32.1. The zero-order valence-corrected chi connectivity index (χ0v) is 15.3. The Morgan fingerprint density at radius 3 is 2.62 bits per heavy atom. The van der Waals surface area contributed by atoms with Crippen molar-refractivity contribution in [2.75, 3.05) is 0 Å². The Bertz CT molecular complexity index is 892. The number of furan rings is 1. The number of rotatable bonds is 7. The molecular formula is C20H19N3O2S. The molecule has 5 nitrogen and oxygen atoms in total. The summed E-state index contributed by atoms with van der Waals surface area (Å²) in [6, 6.07) is 16.2. The number of thiophene rings is 1. The average Bonchev–Trinajstić information content (AvgIpc) is 3.38. The monoisotopic (exact) mass is 365 g/mol. The van der Waals surface area contributed by atoms with Crippen molar-refractivity contribution >= 4 is 11.3 Å². The maximum atomic E-state index is 5.50. The third-order valence-electron chi connectivity index (χ3n) is 4.05. The van der Waals surface area contributed by atoms with Crippen molar-refractivity contribution < 1.29 is 8.94 Å². The number of aryl methyl sites for hydroxylation is 1. The quantitative estimate of drug-likeness (QED) is 0.466. The van der Waals surface area contributed by atoms with Gasteiger partial charge in [-0.05, 0) is 42.6 Å². The molecule has 0 atom stereocenters. The predicted octanol–water partition coefficient (Wildman–Crippen LogP) is 4.90. The summed E-state index contributed by atoms with van der Waals surface area (Å²) in [5.41, 5.74) is 2.14. The Labute approximate surface area is 155 Å². The largest absolute Gasteiger partial charge is 0.468 e. The highest BCUT2D eigenvalue weighted by molar-refractivity contribution is 7.09. The van der Waals surface area contributed by atoms with Crippen molar-refractivity contribution in [1.29, 1.82) is 0 Å². The highest BCUT2D eigenvalue weighted by Gasteiger charge is 2.15. The molecule has 6 heteroatoms. The lowest BCUT2D eigenvalue weighted by atomic mass is 10.1. The molecule has 0 fully saturated rings. The molecule has 4 rings (SSSR count). The topological polar surface area (TPSA) is 55.3 Å². The van der Waals surface area contributed by atoms with Gasteiger partial charge < -0.3 is 8.94 Å². The first-order valence-electron chi connectivity index (χ1n) is 8.43. The number of aromatic nitrogens is 2. The molecule has 0 spiro atoms. The molecule has 0 saturated heterocycles. The van der Waals surface area contributed by atoms with Crippen molar-refractivity contribution in [2.24, 2.45) is 0 Å². The van der Waals surface area contributed by atoms with E-state index in [9.17, 15) is 0 Å². The molecule has 26 heavy (non-hydrogen) atoms. The molecule has 0 saturated carbocycles. The Hall–Kier alpha value is -2.70. The maximum Gasteiger partial charge on any atom is 0.257 e. The minimum atomic E-state index is 0.550.